The lowest BCUT2D eigenvalue weighted by Gasteiger charge is -2.25. The Labute approximate surface area is 67.9 Å². The van der Waals surface area contributed by atoms with Gasteiger partial charge in [0.15, 0.2) is 0 Å². The van der Waals surface area contributed by atoms with Crippen molar-refractivity contribution in [1.82, 2.24) is 0 Å². The monoisotopic (exact) mass is 174 g/mol. The van der Waals surface area contributed by atoms with Gasteiger partial charge in [-0.25, -0.2) is 0 Å². The number of amidine groups is 2. The van der Waals surface area contributed by atoms with E-state index in [4.69, 9.17) is 22.9 Å². The Balaban J connectivity index is 3.18. The van der Waals surface area contributed by atoms with Crippen LogP contribution in [0.25, 0.3) is 0 Å². The van der Waals surface area contributed by atoms with Crippen LogP contribution in [-0.4, -0.2) is 33.5 Å². The molecule has 12 heavy (non-hydrogen) atoms. The largest absolute Gasteiger partial charge is 0.675 e. The van der Waals surface area contributed by atoms with Crippen LogP contribution in [0.2, 0.25) is 0 Å². The first-order valence-electron chi connectivity index (χ1n) is 3.17. The van der Waals surface area contributed by atoms with E-state index in [0.29, 0.717) is 0 Å². The summed E-state index contributed by atoms with van der Waals surface area (Å²) in [7, 11) is 0. The number of hydrazine groups is 1. The van der Waals surface area contributed by atoms with Crippen molar-refractivity contribution in [2.24, 2.45) is 22.9 Å². The summed E-state index contributed by atoms with van der Waals surface area (Å²) in [4.78, 5) is -0.243. The third kappa shape index (κ3) is 0.933. The smallest absolute Gasteiger partial charge is 0.307 e. The highest BCUT2D eigenvalue weighted by Gasteiger charge is 2.35. The molecule has 8 N–H and O–H groups in total. The molecule has 0 fully saturated rings. The highest BCUT2D eigenvalue weighted by Crippen LogP contribution is 1.95. The van der Waals surface area contributed by atoms with E-state index >= 15 is 0 Å². The van der Waals surface area contributed by atoms with Crippen LogP contribution in [0.3, 0.4) is 0 Å². The number of hydrazone groups is 2. The van der Waals surface area contributed by atoms with Gasteiger partial charge in [0.1, 0.15) is 12.1 Å². The fourth-order valence-electron chi connectivity index (χ4n) is 0.833. The molecule has 0 spiro atoms. The molecule has 0 radical (unpaired) electrons. The van der Waals surface area contributed by atoms with Crippen LogP contribution < -0.4 is 22.9 Å². The Morgan fingerprint density at radius 1 is 0.917 bits per heavy atom. The fraction of sp³-hybridized carbons (Fsp3) is 0.500. The van der Waals surface area contributed by atoms with Gasteiger partial charge in [-0.05, 0) is 0 Å². The van der Waals surface area contributed by atoms with Gasteiger partial charge in [0.05, 0.1) is 0 Å². The first kappa shape index (κ1) is 8.56. The zero-order chi connectivity index (χ0) is 9.46. The molecule has 1 heterocycles. The summed E-state index contributed by atoms with van der Waals surface area (Å²) in [6.45, 7) is 0. The van der Waals surface area contributed by atoms with Crippen molar-refractivity contribution in [1.29, 1.82) is 0 Å². The average Bonchev–Trinajstić information content (AvgIpc) is 2.08. The third-order valence-electron chi connectivity index (χ3n) is 1.68. The molecule has 8 nitrogen and oxygen atoms in total. The van der Waals surface area contributed by atoms with Crippen molar-refractivity contribution in [3.8, 4) is 0 Å². The molecule has 0 aliphatic carbocycles. The van der Waals surface area contributed by atoms with Crippen molar-refractivity contribution in [3.05, 3.63) is 10.4 Å². The first-order chi connectivity index (χ1) is 5.46. The Morgan fingerprint density at radius 3 is 1.42 bits per heavy atom. The lowest BCUT2D eigenvalue weighted by molar-refractivity contribution is -1.06. The normalized spacial score (nSPS) is 31.2. The molecule has 0 saturated carbocycles. The molecule has 0 saturated heterocycles. The average molecular weight is 174 g/mol. The molecule has 0 bridgehead atoms. The van der Waals surface area contributed by atoms with Crippen LogP contribution >= 0.6 is 0 Å². The molecule has 2 unspecified atom stereocenters. The van der Waals surface area contributed by atoms with Gasteiger partial charge in [-0.2, -0.15) is 0 Å². The summed E-state index contributed by atoms with van der Waals surface area (Å²) >= 11 is 0. The van der Waals surface area contributed by atoms with Crippen LogP contribution in [-0.2, 0) is 0 Å². The van der Waals surface area contributed by atoms with Crippen molar-refractivity contribution in [3.63, 3.8) is 0 Å². The summed E-state index contributed by atoms with van der Waals surface area (Å²) < 4.78 is 0. The van der Waals surface area contributed by atoms with Crippen molar-refractivity contribution in [2.45, 2.75) is 12.1 Å². The molecule has 1 aliphatic heterocycles. The number of rotatable bonds is 0. The Bertz CT molecular complexity index is 243. The zero-order valence-corrected chi connectivity index (χ0v) is 6.18. The number of hydrogen-bond donors (Lipinski definition) is 4. The molecule has 1 aliphatic rings. The van der Waals surface area contributed by atoms with E-state index in [9.17, 15) is 10.4 Å². The maximum atomic E-state index is 10.8. The van der Waals surface area contributed by atoms with Crippen molar-refractivity contribution < 1.29 is 9.70 Å². The predicted molar refractivity (Wildman–Crippen MR) is 41.6 cm³/mol. The summed E-state index contributed by atoms with van der Waals surface area (Å²) in [6.07, 6.45) is 0. The van der Waals surface area contributed by atoms with E-state index in [1.54, 1.807) is 0 Å². The quantitative estimate of drug-likeness (QED) is 0.218. The van der Waals surface area contributed by atoms with Crippen molar-refractivity contribution >= 4 is 11.7 Å². The molecule has 0 aromatic rings. The fourth-order valence-corrected chi connectivity index (χ4v) is 0.833. The van der Waals surface area contributed by atoms with Gasteiger partial charge in [0.2, 0.25) is 0 Å². The minimum absolute atomic E-state index is 0.122. The van der Waals surface area contributed by atoms with E-state index in [1.165, 1.54) is 0 Å². The molecular formula is C4H10N6O2. The van der Waals surface area contributed by atoms with Crippen LogP contribution in [0.4, 0.5) is 0 Å². The highest BCUT2D eigenvalue weighted by atomic mass is 16.7. The van der Waals surface area contributed by atoms with Gasteiger partial charge in [-0.15, -0.1) is 0 Å². The maximum Gasteiger partial charge on any atom is 0.307 e. The molecule has 2 atom stereocenters. The highest BCUT2D eigenvalue weighted by molar-refractivity contribution is 5.92. The molecule has 1 rings (SSSR count). The van der Waals surface area contributed by atoms with Gasteiger partial charge in [0, 0.05) is 0 Å². The van der Waals surface area contributed by atoms with Crippen LogP contribution in [0.1, 0.15) is 0 Å². The Hall–Kier alpha value is -1.54. The standard InChI is InChI=1S/C4H10N6O2/c5-1-2(6)4(8)10(12)9(11)3(1)7/h1-2H,5-8H2. The second-order valence-electron chi connectivity index (χ2n) is 2.45. The molecule has 68 valence electrons. The molecule has 0 aromatic carbocycles. The molecule has 0 aromatic heterocycles. The number of nitrogens with zero attached hydrogens (tertiary/aromatic N) is 2. The van der Waals surface area contributed by atoms with Crippen LogP contribution in [0, 0.1) is 10.4 Å². The zero-order valence-electron chi connectivity index (χ0n) is 6.18. The second kappa shape index (κ2) is 2.50. The Morgan fingerprint density at radius 2 is 1.17 bits per heavy atom. The first-order valence-corrected chi connectivity index (χ1v) is 3.17. The lowest BCUT2D eigenvalue weighted by Crippen LogP contribution is -2.64. The molecule has 8 heteroatoms. The van der Waals surface area contributed by atoms with Gasteiger partial charge in [-0.3, -0.25) is 11.5 Å². The predicted octanol–water partition coefficient (Wildman–Crippen LogP) is -3.70. The van der Waals surface area contributed by atoms with Crippen molar-refractivity contribution in [2.75, 3.05) is 0 Å². The van der Waals surface area contributed by atoms with E-state index in [-0.39, 0.29) is 21.4 Å². The van der Waals surface area contributed by atoms with Crippen LogP contribution in [0.5, 0.6) is 0 Å². The van der Waals surface area contributed by atoms with Gasteiger partial charge in [-0.1, -0.05) is 9.70 Å². The van der Waals surface area contributed by atoms with E-state index in [0.717, 1.165) is 0 Å². The number of nitrogens with two attached hydrogens (primary N) is 4. The second-order valence-corrected chi connectivity index (χ2v) is 2.45. The SMILES string of the molecule is NC1=[N+]([O-])[N+]([O-])=C(N)C(N)C1N. The summed E-state index contributed by atoms with van der Waals surface area (Å²) in [6, 6.07) is -1.82. The van der Waals surface area contributed by atoms with Crippen LogP contribution in [0.15, 0.2) is 0 Å². The summed E-state index contributed by atoms with van der Waals surface area (Å²) in [5, 5.41) is 21.6. The Kier molecular flexibility index (Phi) is 1.78. The van der Waals surface area contributed by atoms with Gasteiger partial charge in [0.25, 0.3) is 0 Å². The lowest BCUT2D eigenvalue weighted by atomic mass is 10.1. The molecular weight excluding hydrogens is 164 g/mol. The van der Waals surface area contributed by atoms with E-state index < -0.39 is 12.1 Å². The molecule has 0 amide bonds. The topological polar surface area (TPSA) is 156 Å². The van der Waals surface area contributed by atoms with Gasteiger partial charge >= 0.3 is 11.7 Å². The van der Waals surface area contributed by atoms with Gasteiger partial charge < -0.3 is 21.9 Å². The maximum absolute atomic E-state index is 10.8. The summed E-state index contributed by atoms with van der Waals surface area (Å²) in [5.74, 6) is -0.682. The minimum atomic E-state index is -0.910. The number of hydrogen-bond acceptors (Lipinski definition) is 6. The minimum Gasteiger partial charge on any atom is -0.675 e. The third-order valence-corrected chi connectivity index (χ3v) is 1.68. The van der Waals surface area contributed by atoms with E-state index in [2.05, 4.69) is 0 Å². The summed E-state index contributed by atoms with van der Waals surface area (Å²) in [5.41, 5.74) is 21.1. The van der Waals surface area contributed by atoms with E-state index in [1.807, 2.05) is 0 Å².